The van der Waals surface area contributed by atoms with E-state index in [0.717, 1.165) is 17.0 Å². The molecule has 0 amide bonds. The van der Waals surface area contributed by atoms with Crippen LogP contribution in [0.2, 0.25) is 0 Å². The fourth-order valence-corrected chi connectivity index (χ4v) is 1.21. The summed E-state index contributed by atoms with van der Waals surface area (Å²) >= 11 is 0. The van der Waals surface area contributed by atoms with Crippen molar-refractivity contribution in [1.29, 1.82) is 0 Å². The largest absolute Gasteiger partial charge is 0.496 e. The molecule has 3 nitrogen and oxygen atoms in total. The lowest BCUT2D eigenvalue weighted by atomic mass is 10.1. The van der Waals surface area contributed by atoms with E-state index in [9.17, 15) is 0 Å². The van der Waals surface area contributed by atoms with Gasteiger partial charge in [-0.25, -0.2) is 0 Å². The van der Waals surface area contributed by atoms with Gasteiger partial charge in [0.25, 0.3) is 0 Å². The van der Waals surface area contributed by atoms with Gasteiger partial charge in [-0.3, -0.25) is 0 Å². The Labute approximate surface area is 91.2 Å². The van der Waals surface area contributed by atoms with Crippen molar-refractivity contribution in [2.75, 3.05) is 12.8 Å². The van der Waals surface area contributed by atoms with Gasteiger partial charge >= 0.3 is 0 Å². The maximum Gasteiger partial charge on any atom is 0.124 e. The van der Waals surface area contributed by atoms with Crippen molar-refractivity contribution in [1.82, 2.24) is 0 Å². The molecular weight excluding hydrogens is 190 g/mol. The molecule has 0 saturated carbocycles. The van der Waals surface area contributed by atoms with Crippen LogP contribution < -0.4 is 10.5 Å². The molecule has 0 atom stereocenters. The van der Waals surface area contributed by atoms with Crippen LogP contribution >= 0.6 is 0 Å². The number of benzene rings is 1. The SMILES string of the molecule is COc1ccc(N)cc1COC(C)(C)C. The standard InChI is InChI=1S/C12H19NO2/c1-12(2,3)15-8-9-7-10(13)5-6-11(9)14-4/h5-7H,8,13H2,1-4H3. The number of anilines is 1. The summed E-state index contributed by atoms with van der Waals surface area (Å²) in [4.78, 5) is 0. The van der Waals surface area contributed by atoms with Gasteiger partial charge in [0.1, 0.15) is 5.75 Å². The molecule has 0 unspecified atom stereocenters. The Bertz CT molecular complexity index is 329. The summed E-state index contributed by atoms with van der Waals surface area (Å²) in [5.41, 5.74) is 7.26. The van der Waals surface area contributed by atoms with Crippen LogP contribution in [-0.4, -0.2) is 12.7 Å². The van der Waals surface area contributed by atoms with E-state index in [1.165, 1.54) is 0 Å². The molecule has 0 heterocycles. The highest BCUT2D eigenvalue weighted by Crippen LogP contribution is 2.23. The average Bonchev–Trinajstić information content (AvgIpc) is 2.14. The average molecular weight is 209 g/mol. The van der Waals surface area contributed by atoms with E-state index in [1.54, 1.807) is 7.11 Å². The van der Waals surface area contributed by atoms with Crippen molar-refractivity contribution in [3.63, 3.8) is 0 Å². The van der Waals surface area contributed by atoms with Crippen LogP contribution in [0.5, 0.6) is 5.75 Å². The first-order valence-corrected chi connectivity index (χ1v) is 4.99. The zero-order valence-corrected chi connectivity index (χ0v) is 9.83. The Morgan fingerprint density at radius 3 is 2.47 bits per heavy atom. The van der Waals surface area contributed by atoms with E-state index in [2.05, 4.69) is 0 Å². The van der Waals surface area contributed by atoms with Gasteiger partial charge < -0.3 is 15.2 Å². The first kappa shape index (κ1) is 11.9. The van der Waals surface area contributed by atoms with Gasteiger partial charge in [0.05, 0.1) is 19.3 Å². The Balaban J connectivity index is 2.79. The fourth-order valence-electron chi connectivity index (χ4n) is 1.21. The van der Waals surface area contributed by atoms with Crippen LogP contribution in [0.25, 0.3) is 0 Å². The first-order valence-electron chi connectivity index (χ1n) is 4.99. The molecule has 0 radical (unpaired) electrons. The molecule has 0 fully saturated rings. The van der Waals surface area contributed by atoms with E-state index in [1.807, 2.05) is 39.0 Å². The predicted octanol–water partition coefficient (Wildman–Crippen LogP) is 2.59. The van der Waals surface area contributed by atoms with Crippen molar-refractivity contribution in [3.05, 3.63) is 23.8 Å². The second kappa shape index (κ2) is 4.53. The molecule has 0 spiro atoms. The van der Waals surface area contributed by atoms with Gasteiger partial charge in [0.15, 0.2) is 0 Å². The summed E-state index contributed by atoms with van der Waals surface area (Å²) < 4.78 is 10.9. The topological polar surface area (TPSA) is 44.5 Å². The lowest BCUT2D eigenvalue weighted by Crippen LogP contribution is -2.18. The third kappa shape index (κ3) is 3.80. The Morgan fingerprint density at radius 2 is 1.93 bits per heavy atom. The molecule has 3 heteroatoms. The third-order valence-corrected chi connectivity index (χ3v) is 1.97. The summed E-state index contributed by atoms with van der Waals surface area (Å²) in [5.74, 6) is 0.813. The molecule has 1 rings (SSSR count). The molecule has 0 aliphatic carbocycles. The number of nitrogens with two attached hydrogens (primary N) is 1. The minimum Gasteiger partial charge on any atom is -0.496 e. The Morgan fingerprint density at radius 1 is 1.27 bits per heavy atom. The van der Waals surface area contributed by atoms with Gasteiger partial charge in [0, 0.05) is 11.3 Å². The van der Waals surface area contributed by atoms with Gasteiger partial charge in [0.2, 0.25) is 0 Å². The van der Waals surface area contributed by atoms with Crippen LogP contribution in [0.4, 0.5) is 5.69 Å². The van der Waals surface area contributed by atoms with E-state index in [0.29, 0.717) is 6.61 Å². The quantitative estimate of drug-likeness (QED) is 0.778. The van der Waals surface area contributed by atoms with E-state index < -0.39 is 0 Å². The summed E-state index contributed by atoms with van der Waals surface area (Å²) in [6, 6.07) is 5.56. The minimum atomic E-state index is -0.157. The summed E-state index contributed by atoms with van der Waals surface area (Å²) in [7, 11) is 1.64. The Kier molecular flexibility index (Phi) is 3.58. The van der Waals surface area contributed by atoms with Gasteiger partial charge in [-0.1, -0.05) is 0 Å². The molecule has 0 saturated heterocycles. The minimum absolute atomic E-state index is 0.157. The molecule has 0 aromatic heterocycles. The molecule has 0 bridgehead atoms. The van der Waals surface area contributed by atoms with E-state index >= 15 is 0 Å². The number of rotatable bonds is 3. The van der Waals surface area contributed by atoms with Crippen LogP contribution in [0, 0.1) is 0 Å². The maximum atomic E-state index is 5.71. The summed E-state index contributed by atoms with van der Waals surface area (Å²) in [6.07, 6.45) is 0. The monoisotopic (exact) mass is 209 g/mol. The number of hydrogen-bond donors (Lipinski definition) is 1. The smallest absolute Gasteiger partial charge is 0.124 e. The fraction of sp³-hybridized carbons (Fsp3) is 0.500. The van der Waals surface area contributed by atoms with Gasteiger partial charge in [-0.05, 0) is 39.0 Å². The van der Waals surface area contributed by atoms with Crippen LogP contribution in [0.15, 0.2) is 18.2 Å². The first-order chi connectivity index (χ1) is 6.92. The van der Waals surface area contributed by atoms with Crippen LogP contribution in [0.1, 0.15) is 26.3 Å². The van der Waals surface area contributed by atoms with Crippen molar-refractivity contribution < 1.29 is 9.47 Å². The van der Waals surface area contributed by atoms with Crippen LogP contribution in [-0.2, 0) is 11.3 Å². The molecular formula is C12H19NO2. The maximum absolute atomic E-state index is 5.71. The Hall–Kier alpha value is -1.22. The zero-order valence-electron chi connectivity index (χ0n) is 9.83. The predicted molar refractivity (Wildman–Crippen MR) is 61.9 cm³/mol. The molecule has 0 aliphatic heterocycles. The summed E-state index contributed by atoms with van der Waals surface area (Å²) in [5, 5.41) is 0. The number of methoxy groups -OCH3 is 1. The van der Waals surface area contributed by atoms with Crippen molar-refractivity contribution in [3.8, 4) is 5.75 Å². The van der Waals surface area contributed by atoms with Crippen molar-refractivity contribution in [2.24, 2.45) is 0 Å². The highest BCUT2D eigenvalue weighted by atomic mass is 16.5. The second-order valence-electron chi connectivity index (χ2n) is 4.47. The molecule has 15 heavy (non-hydrogen) atoms. The van der Waals surface area contributed by atoms with Gasteiger partial charge in [-0.2, -0.15) is 0 Å². The molecule has 1 aromatic rings. The number of ether oxygens (including phenoxy) is 2. The highest BCUT2D eigenvalue weighted by Gasteiger charge is 2.12. The lowest BCUT2D eigenvalue weighted by molar-refractivity contribution is -0.0156. The van der Waals surface area contributed by atoms with E-state index in [4.69, 9.17) is 15.2 Å². The van der Waals surface area contributed by atoms with Crippen molar-refractivity contribution in [2.45, 2.75) is 33.0 Å². The van der Waals surface area contributed by atoms with Crippen molar-refractivity contribution >= 4 is 5.69 Å². The highest BCUT2D eigenvalue weighted by molar-refractivity contribution is 5.47. The zero-order chi connectivity index (χ0) is 11.5. The normalized spacial score (nSPS) is 11.5. The number of nitrogen functional groups attached to an aromatic ring is 1. The summed E-state index contributed by atoms with van der Waals surface area (Å²) in [6.45, 7) is 6.57. The lowest BCUT2D eigenvalue weighted by Gasteiger charge is -2.20. The van der Waals surface area contributed by atoms with Gasteiger partial charge in [-0.15, -0.1) is 0 Å². The molecule has 2 N–H and O–H groups in total. The molecule has 0 aliphatic rings. The van der Waals surface area contributed by atoms with Crippen LogP contribution in [0.3, 0.4) is 0 Å². The second-order valence-corrected chi connectivity index (χ2v) is 4.47. The van der Waals surface area contributed by atoms with E-state index in [-0.39, 0.29) is 5.60 Å². The third-order valence-electron chi connectivity index (χ3n) is 1.97. The number of hydrogen-bond acceptors (Lipinski definition) is 3. The molecule has 1 aromatic carbocycles. The molecule has 84 valence electrons.